The number of carbonyl (C=O) groups is 1. The van der Waals surface area contributed by atoms with Crippen LogP contribution in [0.3, 0.4) is 0 Å². The van der Waals surface area contributed by atoms with E-state index in [2.05, 4.69) is 28.8 Å². The third-order valence-corrected chi connectivity index (χ3v) is 4.36. The number of aromatic nitrogens is 1. The van der Waals surface area contributed by atoms with Crippen LogP contribution in [0, 0.1) is 0 Å². The van der Waals surface area contributed by atoms with Crippen LogP contribution in [0.15, 0.2) is 18.5 Å². The molecule has 1 N–H and O–H groups in total. The summed E-state index contributed by atoms with van der Waals surface area (Å²) < 4.78 is 0. The Morgan fingerprint density at radius 1 is 1.55 bits per heavy atom. The lowest BCUT2D eigenvalue weighted by atomic mass is 10.0. The number of halogens is 1. The minimum absolute atomic E-state index is 0.250. The van der Waals surface area contributed by atoms with Gasteiger partial charge in [0, 0.05) is 48.7 Å². The maximum absolute atomic E-state index is 8.36. The van der Waals surface area contributed by atoms with Crippen LogP contribution >= 0.6 is 11.6 Å². The van der Waals surface area contributed by atoms with Crippen LogP contribution in [0.5, 0.6) is 0 Å². The van der Waals surface area contributed by atoms with Crippen molar-refractivity contribution in [3.63, 3.8) is 0 Å². The first-order valence-electron chi connectivity index (χ1n) is 7.67. The second-order valence-corrected chi connectivity index (χ2v) is 6.10. The first kappa shape index (κ1) is 18.9. The molecule has 124 valence electrons. The minimum atomic E-state index is -0.250. The molecule has 0 spiro atoms. The number of piperidine rings is 1. The summed E-state index contributed by atoms with van der Waals surface area (Å²) in [6.45, 7) is 6.44. The molecule has 6 heteroatoms. The van der Waals surface area contributed by atoms with E-state index in [4.69, 9.17) is 21.5 Å². The first-order valence-corrected chi connectivity index (χ1v) is 8.05. The van der Waals surface area contributed by atoms with Crippen molar-refractivity contribution in [1.82, 2.24) is 14.8 Å². The smallest absolute Gasteiger partial charge is 0.290 e. The number of nitrogens with zero attached hydrogens (tertiary/aromatic N) is 3. The normalized spacial score (nSPS) is 18.6. The van der Waals surface area contributed by atoms with Crippen LogP contribution in [0.1, 0.15) is 31.7 Å². The Hall–Kier alpha value is -1.17. The number of carboxylic acid groups (broad SMARTS) is 1. The van der Waals surface area contributed by atoms with Gasteiger partial charge < -0.3 is 10.0 Å². The lowest BCUT2D eigenvalue weighted by Crippen LogP contribution is -2.41. The van der Waals surface area contributed by atoms with Crippen molar-refractivity contribution < 1.29 is 9.90 Å². The van der Waals surface area contributed by atoms with Gasteiger partial charge in [0.05, 0.1) is 0 Å². The predicted octanol–water partition coefficient (Wildman–Crippen LogP) is 2.74. The van der Waals surface area contributed by atoms with E-state index < -0.39 is 0 Å². The second-order valence-electron chi connectivity index (χ2n) is 5.69. The predicted molar refractivity (Wildman–Crippen MR) is 89.2 cm³/mol. The Kier molecular flexibility index (Phi) is 9.04. The van der Waals surface area contributed by atoms with Gasteiger partial charge in [0.1, 0.15) is 0 Å². The Bertz CT molecular complexity index is 445. The van der Waals surface area contributed by atoms with Gasteiger partial charge in [-0.15, -0.1) is 0 Å². The zero-order valence-corrected chi connectivity index (χ0v) is 14.2. The number of pyridine rings is 1. The SMILES string of the molecule is CC1CCCCN1CCN(C)Cc1cnccc1Cl.O=CO. The lowest BCUT2D eigenvalue weighted by molar-refractivity contribution is -0.122. The Morgan fingerprint density at radius 2 is 2.27 bits per heavy atom. The number of likely N-dealkylation sites (N-methyl/N-ethyl adjacent to an activating group) is 1. The third-order valence-electron chi connectivity index (χ3n) is 3.99. The summed E-state index contributed by atoms with van der Waals surface area (Å²) >= 11 is 6.16. The molecule has 1 aromatic rings. The summed E-state index contributed by atoms with van der Waals surface area (Å²) in [5, 5.41) is 7.70. The molecule has 1 fully saturated rings. The van der Waals surface area contributed by atoms with Crippen molar-refractivity contribution in [3.8, 4) is 0 Å². The van der Waals surface area contributed by atoms with E-state index in [0.29, 0.717) is 0 Å². The second kappa shape index (κ2) is 10.5. The summed E-state index contributed by atoms with van der Waals surface area (Å²) in [6.07, 6.45) is 7.68. The van der Waals surface area contributed by atoms with Gasteiger partial charge in [-0.2, -0.15) is 0 Å². The van der Waals surface area contributed by atoms with Gasteiger partial charge in [-0.1, -0.05) is 18.0 Å². The van der Waals surface area contributed by atoms with Crippen LogP contribution in [0.2, 0.25) is 5.02 Å². The van der Waals surface area contributed by atoms with Gasteiger partial charge >= 0.3 is 0 Å². The highest BCUT2D eigenvalue weighted by atomic mass is 35.5. The average Bonchev–Trinajstić information content (AvgIpc) is 2.50. The van der Waals surface area contributed by atoms with Gasteiger partial charge in [0.2, 0.25) is 0 Å². The van der Waals surface area contributed by atoms with E-state index >= 15 is 0 Å². The largest absolute Gasteiger partial charge is 0.483 e. The molecule has 0 saturated carbocycles. The quantitative estimate of drug-likeness (QED) is 0.843. The van der Waals surface area contributed by atoms with Gasteiger partial charge in [-0.25, -0.2) is 0 Å². The first-order chi connectivity index (χ1) is 10.6. The number of hydrogen-bond acceptors (Lipinski definition) is 4. The fraction of sp³-hybridized carbons (Fsp3) is 0.625. The van der Waals surface area contributed by atoms with E-state index in [-0.39, 0.29) is 6.47 Å². The van der Waals surface area contributed by atoms with Crippen LogP contribution < -0.4 is 0 Å². The molecule has 1 atom stereocenters. The molecule has 22 heavy (non-hydrogen) atoms. The number of rotatable bonds is 5. The molecular formula is C16H26ClN3O2. The molecule has 2 rings (SSSR count). The van der Waals surface area contributed by atoms with E-state index in [1.807, 2.05) is 12.3 Å². The van der Waals surface area contributed by atoms with Crippen LogP contribution in [0.4, 0.5) is 0 Å². The van der Waals surface area contributed by atoms with Crippen molar-refractivity contribution in [3.05, 3.63) is 29.0 Å². The van der Waals surface area contributed by atoms with E-state index in [0.717, 1.165) is 36.3 Å². The molecule has 0 aromatic carbocycles. The summed E-state index contributed by atoms with van der Waals surface area (Å²) in [5.41, 5.74) is 1.11. The fourth-order valence-electron chi connectivity index (χ4n) is 2.69. The minimum Gasteiger partial charge on any atom is -0.483 e. The van der Waals surface area contributed by atoms with E-state index in [1.54, 1.807) is 6.20 Å². The summed E-state index contributed by atoms with van der Waals surface area (Å²) in [7, 11) is 2.15. The summed E-state index contributed by atoms with van der Waals surface area (Å²) in [5.74, 6) is 0. The Labute approximate surface area is 137 Å². The topological polar surface area (TPSA) is 56.7 Å². The van der Waals surface area contributed by atoms with Gasteiger partial charge in [0.15, 0.2) is 0 Å². The highest BCUT2D eigenvalue weighted by molar-refractivity contribution is 6.31. The van der Waals surface area contributed by atoms with Crippen molar-refractivity contribution in [2.45, 2.75) is 38.8 Å². The third kappa shape index (κ3) is 6.73. The van der Waals surface area contributed by atoms with Gasteiger partial charge in [-0.05, 0) is 39.4 Å². The molecule has 0 aliphatic carbocycles. The standard InChI is InChI=1S/C15H24ClN3.CH2O2/c1-13-5-3-4-8-19(13)10-9-18(2)12-14-11-17-7-6-15(14)16;2-1-3/h6-7,11,13H,3-5,8-10,12H2,1-2H3;1H,(H,2,3). The molecule has 0 amide bonds. The lowest BCUT2D eigenvalue weighted by Gasteiger charge is -2.34. The maximum atomic E-state index is 8.36. The highest BCUT2D eigenvalue weighted by Gasteiger charge is 2.18. The van der Waals surface area contributed by atoms with Crippen LogP contribution in [-0.4, -0.2) is 59.1 Å². The monoisotopic (exact) mass is 327 g/mol. The number of likely N-dealkylation sites (tertiary alicyclic amines) is 1. The highest BCUT2D eigenvalue weighted by Crippen LogP contribution is 2.17. The van der Waals surface area contributed by atoms with Crippen molar-refractivity contribution in [2.24, 2.45) is 0 Å². The molecule has 1 aliphatic heterocycles. The molecule has 0 radical (unpaired) electrons. The van der Waals surface area contributed by atoms with Crippen LogP contribution in [0.25, 0.3) is 0 Å². The molecule has 1 aliphatic rings. The fourth-order valence-corrected chi connectivity index (χ4v) is 2.85. The molecule has 0 bridgehead atoms. The zero-order valence-electron chi connectivity index (χ0n) is 13.4. The Balaban J connectivity index is 0.000000745. The molecule has 1 saturated heterocycles. The molecule has 5 nitrogen and oxygen atoms in total. The van der Waals surface area contributed by atoms with E-state index in [1.165, 1.54) is 25.8 Å². The molecule has 1 unspecified atom stereocenters. The maximum Gasteiger partial charge on any atom is 0.290 e. The average molecular weight is 328 g/mol. The van der Waals surface area contributed by atoms with Crippen molar-refractivity contribution >= 4 is 18.1 Å². The Morgan fingerprint density at radius 3 is 2.91 bits per heavy atom. The van der Waals surface area contributed by atoms with Gasteiger partial charge in [0.25, 0.3) is 6.47 Å². The summed E-state index contributed by atoms with van der Waals surface area (Å²) in [6, 6.07) is 2.60. The molecule has 2 heterocycles. The van der Waals surface area contributed by atoms with Crippen molar-refractivity contribution in [1.29, 1.82) is 0 Å². The number of hydrogen-bond donors (Lipinski definition) is 1. The summed E-state index contributed by atoms with van der Waals surface area (Å²) in [4.78, 5) is 17.4. The van der Waals surface area contributed by atoms with Crippen LogP contribution in [-0.2, 0) is 11.3 Å². The zero-order chi connectivity index (χ0) is 16.4. The molecular weight excluding hydrogens is 302 g/mol. The van der Waals surface area contributed by atoms with E-state index in [9.17, 15) is 0 Å². The van der Waals surface area contributed by atoms with Gasteiger partial charge in [-0.3, -0.25) is 14.7 Å². The van der Waals surface area contributed by atoms with Crippen molar-refractivity contribution in [2.75, 3.05) is 26.7 Å². The molecule has 1 aromatic heterocycles.